The van der Waals surface area contributed by atoms with Gasteiger partial charge in [0, 0.05) is 23.2 Å². The first-order chi connectivity index (χ1) is 12.3. The molecule has 8 heteroatoms. The highest BCUT2D eigenvalue weighted by Crippen LogP contribution is 2.34. The van der Waals surface area contributed by atoms with E-state index in [1.54, 1.807) is 24.3 Å². The summed E-state index contributed by atoms with van der Waals surface area (Å²) in [6.07, 6.45) is -4.61. The number of rotatable bonds is 1. The van der Waals surface area contributed by atoms with E-state index in [4.69, 9.17) is 4.42 Å². The van der Waals surface area contributed by atoms with Gasteiger partial charge in [0.15, 0.2) is 11.0 Å². The Labute approximate surface area is 153 Å². The molecule has 132 valence electrons. The Bertz CT molecular complexity index is 1210. The summed E-state index contributed by atoms with van der Waals surface area (Å²) in [5.41, 5.74) is 0.635. The normalized spacial score (nSPS) is 12.2. The second-order valence-corrected chi connectivity index (χ2v) is 6.70. The standard InChI is InChI=1S/C18H10BrF3N2O2/c1-24-15-12(23-17(24)18(20,21)22)7-6-11-13(25)8-14(26-16(11)15)9-2-4-10(19)5-3-9/h2-8H,1H3. The highest BCUT2D eigenvalue weighted by Gasteiger charge is 2.37. The second-order valence-electron chi connectivity index (χ2n) is 5.78. The Kier molecular flexibility index (Phi) is 3.69. The van der Waals surface area contributed by atoms with E-state index in [0.29, 0.717) is 5.56 Å². The van der Waals surface area contributed by atoms with Crippen LogP contribution in [0.15, 0.2) is 56.1 Å². The van der Waals surface area contributed by atoms with Gasteiger partial charge in [0.1, 0.15) is 11.3 Å². The molecule has 0 aliphatic rings. The van der Waals surface area contributed by atoms with Crippen LogP contribution >= 0.6 is 15.9 Å². The lowest BCUT2D eigenvalue weighted by Crippen LogP contribution is -2.12. The number of imidazole rings is 1. The minimum absolute atomic E-state index is 0.0819. The van der Waals surface area contributed by atoms with E-state index in [9.17, 15) is 18.0 Å². The van der Waals surface area contributed by atoms with Gasteiger partial charge < -0.3 is 8.98 Å². The van der Waals surface area contributed by atoms with Gasteiger partial charge in [0.25, 0.3) is 0 Å². The Morgan fingerprint density at radius 2 is 1.81 bits per heavy atom. The molecule has 4 rings (SSSR count). The Morgan fingerprint density at radius 1 is 1.12 bits per heavy atom. The highest BCUT2D eigenvalue weighted by molar-refractivity contribution is 9.10. The van der Waals surface area contributed by atoms with Crippen LogP contribution in [-0.4, -0.2) is 9.55 Å². The maximum atomic E-state index is 13.2. The van der Waals surface area contributed by atoms with Crippen LogP contribution in [0.2, 0.25) is 0 Å². The Morgan fingerprint density at radius 3 is 2.46 bits per heavy atom. The van der Waals surface area contributed by atoms with Crippen molar-refractivity contribution in [3.8, 4) is 11.3 Å². The van der Waals surface area contributed by atoms with Crippen molar-refractivity contribution in [2.24, 2.45) is 7.05 Å². The summed E-state index contributed by atoms with van der Waals surface area (Å²) < 4.78 is 47.1. The molecule has 0 radical (unpaired) electrons. The number of aryl methyl sites for hydroxylation is 1. The number of benzene rings is 2. The van der Waals surface area contributed by atoms with Crippen LogP contribution in [0.25, 0.3) is 33.3 Å². The first kappa shape index (κ1) is 16.8. The van der Waals surface area contributed by atoms with Gasteiger partial charge in [0.2, 0.25) is 5.82 Å². The fourth-order valence-electron chi connectivity index (χ4n) is 2.91. The molecule has 0 N–H and O–H groups in total. The van der Waals surface area contributed by atoms with Crippen molar-refractivity contribution < 1.29 is 17.6 Å². The van der Waals surface area contributed by atoms with Crippen molar-refractivity contribution in [3.05, 3.63) is 63.0 Å². The van der Waals surface area contributed by atoms with E-state index in [2.05, 4.69) is 20.9 Å². The molecule has 4 aromatic rings. The molecule has 4 nitrogen and oxygen atoms in total. The van der Waals surface area contributed by atoms with Crippen LogP contribution in [0, 0.1) is 0 Å². The molecule has 0 amide bonds. The summed E-state index contributed by atoms with van der Waals surface area (Å²) in [4.78, 5) is 16.1. The summed E-state index contributed by atoms with van der Waals surface area (Å²) in [7, 11) is 1.25. The van der Waals surface area contributed by atoms with E-state index < -0.39 is 12.0 Å². The van der Waals surface area contributed by atoms with E-state index in [1.165, 1.54) is 25.2 Å². The number of hydrogen-bond acceptors (Lipinski definition) is 3. The van der Waals surface area contributed by atoms with Crippen molar-refractivity contribution in [1.82, 2.24) is 9.55 Å². The maximum Gasteiger partial charge on any atom is 0.449 e. The molecule has 0 aliphatic heterocycles. The largest absolute Gasteiger partial charge is 0.454 e. The van der Waals surface area contributed by atoms with Gasteiger partial charge in [0.05, 0.1) is 10.9 Å². The molecule has 0 saturated carbocycles. The van der Waals surface area contributed by atoms with Crippen LogP contribution in [0.4, 0.5) is 13.2 Å². The van der Waals surface area contributed by atoms with E-state index in [1.807, 2.05) is 0 Å². The number of nitrogens with zero attached hydrogens (tertiary/aromatic N) is 2. The summed E-state index contributed by atoms with van der Waals surface area (Å²) in [6, 6.07) is 11.2. The van der Waals surface area contributed by atoms with Crippen LogP contribution in [-0.2, 0) is 13.2 Å². The Balaban J connectivity index is 2.08. The van der Waals surface area contributed by atoms with Crippen LogP contribution in [0.5, 0.6) is 0 Å². The smallest absolute Gasteiger partial charge is 0.449 e. The predicted molar refractivity (Wildman–Crippen MR) is 94.9 cm³/mol. The van der Waals surface area contributed by atoms with Gasteiger partial charge in [-0.2, -0.15) is 13.2 Å². The molecule has 0 saturated heterocycles. The molecule has 0 spiro atoms. The number of hydrogen-bond donors (Lipinski definition) is 0. The van der Waals surface area contributed by atoms with Gasteiger partial charge in [-0.15, -0.1) is 0 Å². The monoisotopic (exact) mass is 422 g/mol. The molecule has 0 aliphatic carbocycles. The van der Waals surface area contributed by atoms with Crippen LogP contribution < -0.4 is 5.43 Å². The molecule has 26 heavy (non-hydrogen) atoms. The molecule has 2 heterocycles. The summed E-state index contributed by atoms with van der Waals surface area (Å²) in [6.45, 7) is 0. The average molecular weight is 423 g/mol. The maximum absolute atomic E-state index is 13.2. The highest BCUT2D eigenvalue weighted by atomic mass is 79.9. The van der Waals surface area contributed by atoms with Crippen molar-refractivity contribution >= 4 is 37.9 Å². The predicted octanol–water partition coefficient (Wildman–Crippen LogP) is 5.13. The van der Waals surface area contributed by atoms with Crippen molar-refractivity contribution in [3.63, 3.8) is 0 Å². The van der Waals surface area contributed by atoms with Crippen molar-refractivity contribution in [2.45, 2.75) is 6.18 Å². The molecular formula is C18H10BrF3N2O2. The third-order valence-corrected chi connectivity index (χ3v) is 4.64. The molecule has 2 aromatic carbocycles. The molecule has 0 atom stereocenters. The number of fused-ring (bicyclic) bond motifs is 3. The van der Waals surface area contributed by atoms with Crippen molar-refractivity contribution in [1.29, 1.82) is 0 Å². The SMILES string of the molecule is Cn1c(C(F)(F)F)nc2ccc3c(=O)cc(-c4ccc(Br)cc4)oc3c21. The van der Waals surface area contributed by atoms with Gasteiger partial charge >= 0.3 is 6.18 Å². The van der Waals surface area contributed by atoms with E-state index in [0.717, 1.165) is 9.04 Å². The lowest BCUT2D eigenvalue weighted by Gasteiger charge is -2.07. The van der Waals surface area contributed by atoms with Gasteiger partial charge in [-0.05, 0) is 24.3 Å². The van der Waals surface area contributed by atoms with Gasteiger partial charge in [-0.1, -0.05) is 28.1 Å². The van der Waals surface area contributed by atoms with Crippen LogP contribution in [0.1, 0.15) is 5.82 Å². The van der Waals surface area contributed by atoms with Crippen LogP contribution in [0.3, 0.4) is 0 Å². The summed E-state index contributed by atoms with van der Waals surface area (Å²) >= 11 is 3.33. The van der Waals surface area contributed by atoms with Crippen molar-refractivity contribution in [2.75, 3.05) is 0 Å². The summed E-state index contributed by atoms with van der Waals surface area (Å²) in [5.74, 6) is -0.769. The zero-order valence-electron chi connectivity index (χ0n) is 13.3. The fraction of sp³-hybridized carbons (Fsp3) is 0.111. The Hall–Kier alpha value is -2.61. The fourth-order valence-corrected chi connectivity index (χ4v) is 3.18. The number of halogens is 4. The zero-order valence-corrected chi connectivity index (χ0v) is 14.9. The van der Waals surface area contributed by atoms with Gasteiger partial charge in [-0.3, -0.25) is 4.79 Å². The minimum Gasteiger partial charge on any atom is -0.454 e. The quantitative estimate of drug-likeness (QED) is 0.427. The average Bonchev–Trinajstić information content (AvgIpc) is 2.93. The van der Waals surface area contributed by atoms with Gasteiger partial charge in [-0.25, -0.2) is 4.98 Å². The van der Waals surface area contributed by atoms with E-state index in [-0.39, 0.29) is 33.2 Å². The minimum atomic E-state index is -4.61. The zero-order chi connectivity index (χ0) is 18.6. The molecule has 0 unspecified atom stereocenters. The topological polar surface area (TPSA) is 48.0 Å². The molecule has 2 aromatic heterocycles. The summed E-state index contributed by atoms with van der Waals surface area (Å²) in [5, 5.41) is 0.204. The second kappa shape index (κ2) is 5.70. The molecule has 0 fully saturated rings. The molecule has 0 bridgehead atoms. The first-order valence-corrected chi connectivity index (χ1v) is 8.31. The molecular weight excluding hydrogens is 413 g/mol. The number of alkyl halides is 3. The first-order valence-electron chi connectivity index (χ1n) is 7.52. The number of aromatic nitrogens is 2. The lowest BCUT2D eigenvalue weighted by atomic mass is 10.1. The lowest BCUT2D eigenvalue weighted by molar-refractivity contribution is -0.146. The third-order valence-electron chi connectivity index (χ3n) is 4.11. The third kappa shape index (κ3) is 2.61. The van der Waals surface area contributed by atoms with E-state index >= 15 is 0 Å².